The van der Waals surface area contributed by atoms with Crippen molar-refractivity contribution in [3.63, 3.8) is 0 Å². The van der Waals surface area contributed by atoms with Gasteiger partial charge in [-0.1, -0.05) is 30.3 Å². The number of aryl methyl sites for hydroxylation is 1. The normalized spacial score (nSPS) is 24.1. The molecule has 2 rings (SSSR count). The Balaban J connectivity index is 1.58. The Hall–Kier alpha value is -0.900. The predicted octanol–water partition coefficient (Wildman–Crippen LogP) is 3.48. The number of benzene rings is 1. The fourth-order valence-electron chi connectivity index (χ4n) is 2.12. The quantitative estimate of drug-likeness (QED) is 0.439. The largest absolute Gasteiger partial charge is 0.348 e. The highest BCUT2D eigenvalue weighted by atomic mass is 17.2. The summed E-state index contributed by atoms with van der Waals surface area (Å²) >= 11 is 0. The second-order valence-corrected chi connectivity index (χ2v) is 4.93. The first-order valence-electron chi connectivity index (χ1n) is 6.77. The van der Waals surface area contributed by atoms with Crippen molar-refractivity contribution in [3.8, 4) is 0 Å². The van der Waals surface area contributed by atoms with E-state index in [9.17, 15) is 0 Å². The Labute approximate surface area is 109 Å². The molecular weight excluding hydrogens is 228 g/mol. The van der Waals surface area contributed by atoms with Crippen LogP contribution in [0.4, 0.5) is 0 Å². The first kappa shape index (κ1) is 13.5. The lowest BCUT2D eigenvalue weighted by molar-refractivity contribution is -0.430. The van der Waals surface area contributed by atoms with Gasteiger partial charge in [-0.25, -0.2) is 9.78 Å². The molecule has 1 aliphatic rings. The summed E-state index contributed by atoms with van der Waals surface area (Å²) in [5, 5.41) is 0. The minimum Gasteiger partial charge on any atom is -0.348 e. The topological polar surface area (TPSA) is 27.7 Å². The lowest BCUT2D eigenvalue weighted by Crippen LogP contribution is -2.36. The van der Waals surface area contributed by atoms with Crippen LogP contribution in [0.25, 0.3) is 0 Å². The van der Waals surface area contributed by atoms with Crippen molar-refractivity contribution in [2.45, 2.75) is 44.8 Å². The molecule has 1 atom stereocenters. The molecule has 0 aromatic heterocycles. The van der Waals surface area contributed by atoms with E-state index in [1.165, 1.54) is 5.56 Å². The zero-order chi connectivity index (χ0) is 12.7. The van der Waals surface area contributed by atoms with E-state index in [0.29, 0.717) is 6.61 Å². The Morgan fingerprint density at radius 3 is 2.78 bits per heavy atom. The Morgan fingerprint density at radius 2 is 2.06 bits per heavy atom. The second-order valence-electron chi connectivity index (χ2n) is 4.93. The number of rotatable bonds is 6. The summed E-state index contributed by atoms with van der Waals surface area (Å²) in [4.78, 5) is 10.7. The summed E-state index contributed by atoms with van der Waals surface area (Å²) in [5.41, 5.74) is 1.33. The van der Waals surface area contributed by atoms with E-state index in [2.05, 4.69) is 24.3 Å². The van der Waals surface area contributed by atoms with Crippen molar-refractivity contribution in [2.24, 2.45) is 0 Å². The monoisotopic (exact) mass is 250 g/mol. The van der Waals surface area contributed by atoms with Gasteiger partial charge < -0.3 is 4.74 Å². The summed E-state index contributed by atoms with van der Waals surface area (Å²) < 4.78 is 5.58. The predicted molar refractivity (Wildman–Crippen MR) is 70.0 cm³/mol. The van der Waals surface area contributed by atoms with E-state index >= 15 is 0 Å². The molecule has 1 fully saturated rings. The Morgan fingerprint density at radius 1 is 1.22 bits per heavy atom. The number of hydrogen-bond donors (Lipinski definition) is 0. The molecular formula is C15H22O3. The van der Waals surface area contributed by atoms with Crippen LogP contribution in [0.2, 0.25) is 0 Å². The molecule has 0 aliphatic carbocycles. The maximum atomic E-state index is 5.58. The lowest BCUT2D eigenvalue weighted by Gasteiger charge is -2.31. The van der Waals surface area contributed by atoms with Crippen LogP contribution in [0.1, 0.15) is 38.2 Å². The van der Waals surface area contributed by atoms with Gasteiger partial charge in [0.15, 0.2) is 5.79 Å². The van der Waals surface area contributed by atoms with Crippen molar-refractivity contribution in [3.05, 3.63) is 35.9 Å². The van der Waals surface area contributed by atoms with Crippen LogP contribution in [0, 0.1) is 0 Å². The molecule has 0 bridgehead atoms. The van der Waals surface area contributed by atoms with Gasteiger partial charge in [0.25, 0.3) is 0 Å². The highest BCUT2D eigenvalue weighted by molar-refractivity contribution is 5.14. The van der Waals surface area contributed by atoms with Crippen molar-refractivity contribution < 1.29 is 14.5 Å². The Bertz CT molecular complexity index is 331. The zero-order valence-electron chi connectivity index (χ0n) is 11.1. The van der Waals surface area contributed by atoms with E-state index < -0.39 is 5.79 Å². The van der Waals surface area contributed by atoms with Crippen LogP contribution < -0.4 is 0 Å². The van der Waals surface area contributed by atoms with Gasteiger partial charge in [-0.05, 0) is 38.2 Å². The standard InChI is InChI=1S/C15H22O3/c1-15(11-5-6-12-16-15)18-17-13-7-10-14-8-3-2-4-9-14/h2-4,8-9H,5-7,10-13H2,1H3. The molecule has 0 saturated carbocycles. The van der Waals surface area contributed by atoms with Crippen LogP contribution in [-0.2, 0) is 20.9 Å². The molecule has 3 heteroatoms. The third-order valence-corrected chi connectivity index (χ3v) is 3.20. The van der Waals surface area contributed by atoms with Crippen LogP contribution in [0.3, 0.4) is 0 Å². The van der Waals surface area contributed by atoms with Gasteiger partial charge in [-0.3, -0.25) is 0 Å². The molecule has 1 unspecified atom stereocenters. The van der Waals surface area contributed by atoms with Crippen molar-refractivity contribution in [2.75, 3.05) is 13.2 Å². The summed E-state index contributed by atoms with van der Waals surface area (Å²) in [7, 11) is 0. The molecule has 0 spiro atoms. The van der Waals surface area contributed by atoms with Crippen molar-refractivity contribution >= 4 is 0 Å². The molecule has 1 saturated heterocycles. The van der Waals surface area contributed by atoms with Gasteiger partial charge in [0, 0.05) is 6.42 Å². The molecule has 0 amide bonds. The number of ether oxygens (including phenoxy) is 1. The van der Waals surface area contributed by atoms with Gasteiger partial charge in [0.2, 0.25) is 0 Å². The molecule has 0 N–H and O–H groups in total. The van der Waals surface area contributed by atoms with Crippen LogP contribution in [-0.4, -0.2) is 19.0 Å². The van der Waals surface area contributed by atoms with E-state index in [1.54, 1.807) is 0 Å². The van der Waals surface area contributed by atoms with Gasteiger partial charge >= 0.3 is 0 Å². The van der Waals surface area contributed by atoms with Crippen LogP contribution >= 0.6 is 0 Å². The minimum absolute atomic E-state index is 0.537. The SMILES string of the molecule is CC1(OOCCCc2ccccc2)CCCCO1. The lowest BCUT2D eigenvalue weighted by atomic mass is 10.1. The smallest absolute Gasteiger partial charge is 0.198 e. The Kier molecular flexibility index (Phi) is 5.17. The van der Waals surface area contributed by atoms with E-state index in [1.807, 2.05) is 13.0 Å². The summed E-state index contributed by atoms with van der Waals surface area (Å²) in [6.07, 6.45) is 5.14. The molecule has 1 aliphatic heterocycles. The first-order valence-corrected chi connectivity index (χ1v) is 6.77. The van der Waals surface area contributed by atoms with Crippen LogP contribution in [0.15, 0.2) is 30.3 Å². The zero-order valence-corrected chi connectivity index (χ0v) is 11.1. The highest BCUT2D eigenvalue weighted by Crippen LogP contribution is 2.25. The fourth-order valence-corrected chi connectivity index (χ4v) is 2.12. The van der Waals surface area contributed by atoms with Crippen molar-refractivity contribution in [1.29, 1.82) is 0 Å². The molecule has 1 aromatic rings. The highest BCUT2D eigenvalue weighted by Gasteiger charge is 2.29. The molecule has 18 heavy (non-hydrogen) atoms. The average molecular weight is 250 g/mol. The average Bonchev–Trinajstić information content (AvgIpc) is 2.40. The van der Waals surface area contributed by atoms with E-state index in [4.69, 9.17) is 14.5 Å². The van der Waals surface area contributed by atoms with E-state index in [-0.39, 0.29) is 0 Å². The summed E-state index contributed by atoms with van der Waals surface area (Å²) in [6, 6.07) is 10.4. The van der Waals surface area contributed by atoms with Crippen molar-refractivity contribution in [1.82, 2.24) is 0 Å². The molecule has 1 aromatic carbocycles. The molecule has 100 valence electrons. The van der Waals surface area contributed by atoms with Gasteiger partial charge in [0.1, 0.15) is 0 Å². The second kappa shape index (κ2) is 6.88. The van der Waals surface area contributed by atoms with Gasteiger partial charge in [0.05, 0.1) is 13.2 Å². The van der Waals surface area contributed by atoms with Gasteiger partial charge in [-0.2, -0.15) is 0 Å². The third kappa shape index (κ3) is 4.41. The summed E-state index contributed by atoms with van der Waals surface area (Å²) in [5.74, 6) is -0.537. The maximum absolute atomic E-state index is 5.58. The third-order valence-electron chi connectivity index (χ3n) is 3.20. The van der Waals surface area contributed by atoms with E-state index in [0.717, 1.165) is 38.7 Å². The first-order chi connectivity index (χ1) is 8.79. The van der Waals surface area contributed by atoms with Gasteiger partial charge in [-0.15, -0.1) is 0 Å². The summed E-state index contributed by atoms with van der Waals surface area (Å²) in [6.45, 7) is 3.32. The molecule has 1 heterocycles. The molecule has 0 radical (unpaired) electrons. The minimum atomic E-state index is -0.537. The maximum Gasteiger partial charge on any atom is 0.198 e. The molecule has 3 nitrogen and oxygen atoms in total. The number of hydrogen-bond acceptors (Lipinski definition) is 3. The fraction of sp³-hybridized carbons (Fsp3) is 0.600. The van der Waals surface area contributed by atoms with Crippen LogP contribution in [0.5, 0.6) is 0 Å².